The maximum absolute atomic E-state index is 13.1. The minimum Gasteiger partial charge on any atom is -0.445 e. The minimum absolute atomic E-state index is 0.0160. The Hall–Kier alpha value is -4.20. The van der Waals surface area contributed by atoms with Crippen LogP contribution < -0.4 is 4.90 Å². The Morgan fingerprint density at radius 3 is 2.30 bits per heavy atom. The van der Waals surface area contributed by atoms with Gasteiger partial charge in [-0.1, -0.05) is 48.9 Å². The van der Waals surface area contributed by atoms with Crippen molar-refractivity contribution < 1.29 is 33.4 Å². The molecule has 2 aromatic heterocycles. The molecule has 4 rings (SSSR count). The zero-order valence-corrected chi connectivity index (χ0v) is 24.6. The van der Waals surface area contributed by atoms with Crippen LogP contribution >= 0.6 is 10.2 Å². The molecular weight excluding hydrogens is 593 g/mol. The number of hydrogen-bond acceptors (Lipinski definition) is 6. The summed E-state index contributed by atoms with van der Waals surface area (Å²) in [5, 5.41) is 7.75. The molecule has 0 radical (unpaired) electrons. The lowest BCUT2D eigenvalue weighted by atomic mass is 10.1. The summed E-state index contributed by atoms with van der Waals surface area (Å²) in [7, 11) is -9.74. The van der Waals surface area contributed by atoms with Crippen LogP contribution in [0.2, 0.25) is 0 Å². The molecule has 8 nitrogen and oxygen atoms in total. The van der Waals surface area contributed by atoms with Crippen molar-refractivity contribution in [3.05, 3.63) is 89.9 Å². The van der Waals surface area contributed by atoms with Crippen LogP contribution in [-0.2, 0) is 24.2 Å². The van der Waals surface area contributed by atoms with Crippen LogP contribution in [0.25, 0.3) is 12.2 Å². The Bertz CT molecular complexity index is 1550. The van der Waals surface area contributed by atoms with Crippen LogP contribution in [0.1, 0.15) is 56.3 Å². The molecule has 0 N–H and O–H groups in total. The van der Waals surface area contributed by atoms with Crippen molar-refractivity contribution in [2.45, 2.75) is 63.6 Å². The number of nitrogens with zero attached hydrogens (tertiary/aromatic N) is 5. The molecule has 4 aromatic rings. The number of hydrogen-bond donors (Lipinski definition) is 0. The molecule has 0 saturated heterocycles. The van der Waals surface area contributed by atoms with Crippen LogP contribution in [0.3, 0.4) is 0 Å². The molecule has 0 bridgehead atoms. The lowest BCUT2D eigenvalue weighted by Crippen LogP contribution is -2.36. The molecule has 0 saturated carbocycles. The van der Waals surface area contributed by atoms with Crippen molar-refractivity contribution >= 4 is 34.2 Å². The van der Waals surface area contributed by atoms with Gasteiger partial charge >= 0.3 is 16.3 Å². The Kier molecular flexibility index (Phi) is 8.47. The van der Waals surface area contributed by atoms with E-state index in [0.29, 0.717) is 23.5 Å². The molecule has 2 aromatic carbocycles. The Morgan fingerprint density at radius 2 is 1.70 bits per heavy atom. The highest BCUT2D eigenvalue weighted by Gasteiger charge is 2.65. The number of ether oxygens (including phenoxy) is 1. The number of carbonyl (C=O) groups is 1. The minimum atomic E-state index is -9.74. The molecule has 0 unspecified atom stereocenters. The van der Waals surface area contributed by atoms with Gasteiger partial charge in [0, 0.05) is 24.5 Å². The standard InChI is InChI=1S/C29H32F5N5O3S/c1-29(2,3)42-28(40)39(25-12-7-22(8-13-25)6-4-5-18-38-19-17-35-37-38)20-24-21-41-27(36-24)16-11-23-9-14-26(15-10-23)43(30,31,32,33)34/h7-17,19,21H,4-6,18,20H2,1-3H3. The van der Waals surface area contributed by atoms with E-state index in [0.717, 1.165) is 43.5 Å². The van der Waals surface area contributed by atoms with Gasteiger partial charge in [-0.25, -0.2) is 9.78 Å². The van der Waals surface area contributed by atoms with Gasteiger partial charge in [0.1, 0.15) is 16.8 Å². The molecule has 0 atom stereocenters. The quantitative estimate of drug-likeness (QED) is 0.122. The molecule has 1 amide bonds. The lowest BCUT2D eigenvalue weighted by molar-refractivity contribution is 0.0577. The van der Waals surface area contributed by atoms with E-state index >= 15 is 0 Å². The molecule has 43 heavy (non-hydrogen) atoms. The average molecular weight is 626 g/mol. The first-order valence-corrected chi connectivity index (χ1v) is 15.3. The van der Waals surface area contributed by atoms with E-state index in [1.165, 1.54) is 23.3 Å². The second-order valence-corrected chi connectivity index (χ2v) is 13.3. The van der Waals surface area contributed by atoms with Crippen molar-refractivity contribution in [3.63, 3.8) is 0 Å². The lowest BCUT2D eigenvalue weighted by Gasteiger charge is -2.40. The predicted octanol–water partition coefficient (Wildman–Crippen LogP) is 9.06. The van der Waals surface area contributed by atoms with E-state index in [1.807, 2.05) is 30.5 Å². The highest BCUT2D eigenvalue weighted by Crippen LogP contribution is 3.02. The first-order valence-electron chi connectivity index (χ1n) is 13.4. The summed E-state index contributed by atoms with van der Waals surface area (Å²) in [4.78, 5) is 16.9. The fraction of sp³-hybridized carbons (Fsp3) is 0.310. The molecule has 0 aliphatic carbocycles. The SMILES string of the molecule is CC(C)(C)OC(=O)N(Cc1coc(C=Cc2ccc(S(F)(F)(F)(F)F)cc2)n1)c1ccc(CCCCn2ccnn2)cc1. The molecule has 0 aliphatic heterocycles. The average Bonchev–Trinajstić information content (AvgIpc) is 3.59. The third kappa shape index (κ3) is 9.66. The van der Waals surface area contributed by atoms with Gasteiger partial charge < -0.3 is 9.15 Å². The van der Waals surface area contributed by atoms with Crippen molar-refractivity contribution in [2.75, 3.05) is 4.90 Å². The van der Waals surface area contributed by atoms with Gasteiger partial charge in [-0.2, -0.15) is 0 Å². The summed E-state index contributed by atoms with van der Waals surface area (Å²) in [6.45, 7) is 6.07. The topological polar surface area (TPSA) is 86.3 Å². The van der Waals surface area contributed by atoms with Gasteiger partial charge in [0.25, 0.3) is 0 Å². The zero-order valence-electron chi connectivity index (χ0n) is 23.8. The van der Waals surface area contributed by atoms with Gasteiger partial charge in [0.15, 0.2) is 0 Å². The molecule has 0 aliphatic rings. The van der Waals surface area contributed by atoms with Crippen molar-refractivity contribution in [3.8, 4) is 0 Å². The smallest absolute Gasteiger partial charge is 0.415 e. The van der Waals surface area contributed by atoms with Crippen LogP contribution in [0.5, 0.6) is 0 Å². The fourth-order valence-electron chi connectivity index (χ4n) is 4.01. The van der Waals surface area contributed by atoms with Crippen LogP contribution in [0, 0.1) is 0 Å². The highest BCUT2D eigenvalue weighted by atomic mass is 32.5. The number of aromatic nitrogens is 4. The monoisotopic (exact) mass is 625 g/mol. The van der Waals surface area contributed by atoms with E-state index in [1.54, 1.807) is 31.6 Å². The summed E-state index contributed by atoms with van der Waals surface area (Å²) in [5.41, 5.74) is 1.57. The maximum Gasteiger partial charge on any atom is 0.415 e. The summed E-state index contributed by atoms with van der Waals surface area (Å²) in [6.07, 6.45) is 9.72. The Morgan fingerprint density at radius 1 is 1.00 bits per heavy atom. The van der Waals surface area contributed by atoms with Gasteiger partial charge in [-0.3, -0.25) is 9.58 Å². The van der Waals surface area contributed by atoms with Gasteiger partial charge in [0.2, 0.25) is 5.89 Å². The molecule has 0 fully saturated rings. The zero-order chi connectivity index (χ0) is 31.4. The van der Waals surface area contributed by atoms with E-state index in [4.69, 9.17) is 9.15 Å². The normalized spacial score (nSPS) is 14.0. The largest absolute Gasteiger partial charge is 0.445 e. The van der Waals surface area contributed by atoms with Gasteiger partial charge in [0.05, 0.1) is 18.4 Å². The first kappa shape index (κ1) is 31.7. The van der Waals surface area contributed by atoms with E-state index in [9.17, 15) is 24.2 Å². The molecule has 232 valence electrons. The number of carbonyl (C=O) groups excluding carboxylic acids is 1. The summed E-state index contributed by atoms with van der Waals surface area (Å²) < 4.78 is 77.6. The Balaban J connectivity index is 1.43. The number of oxazole rings is 1. The number of amides is 1. The van der Waals surface area contributed by atoms with Crippen molar-refractivity contribution in [1.29, 1.82) is 0 Å². The van der Waals surface area contributed by atoms with Crippen LogP contribution in [0.4, 0.5) is 29.9 Å². The maximum atomic E-state index is 13.1. The highest BCUT2D eigenvalue weighted by molar-refractivity contribution is 8.45. The van der Waals surface area contributed by atoms with Crippen LogP contribution in [-0.4, -0.2) is 31.7 Å². The van der Waals surface area contributed by atoms with Crippen molar-refractivity contribution in [2.24, 2.45) is 0 Å². The molecule has 2 heterocycles. The molecule has 0 spiro atoms. The summed E-state index contributed by atoms with van der Waals surface area (Å²) in [5.74, 6) is 0.108. The summed E-state index contributed by atoms with van der Waals surface area (Å²) in [6, 6.07) is 10.1. The number of unbranched alkanes of at least 4 members (excludes halogenated alkanes) is 1. The van der Waals surface area contributed by atoms with E-state index < -0.39 is 26.8 Å². The van der Waals surface area contributed by atoms with Gasteiger partial charge in [-0.15, -0.1) is 5.10 Å². The third-order valence-electron chi connectivity index (χ3n) is 6.07. The third-order valence-corrected chi connectivity index (χ3v) is 7.23. The first-order chi connectivity index (χ1) is 19.9. The number of halogens is 5. The van der Waals surface area contributed by atoms with E-state index in [-0.39, 0.29) is 18.0 Å². The fourth-order valence-corrected chi connectivity index (χ4v) is 4.66. The number of rotatable bonds is 11. The van der Waals surface area contributed by atoms with E-state index in [2.05, 4.69) is 15.3 Å². The number of aryl methyl sites for hydroxylation is 2. The van der Waals surface area contributed by atoms with Crippen molar-refractivity contribution in [1.82, 2.24) is 20.0 Å². The predicted molar refractivity (Wildman–Crippen MR) is 155 cm³/mol. The molecule has 14 heteroatoms. The number of benzene rings is 2. The second-order valence-electron chi connectivity index (χ2n) is 10.9. The van der Waals surface area contributed by atoms with Crippen LogP contribution in [0.15, 0.2) is 76.5 Å². The molecular formula is C29H32F5N5O3S. The van der Waals surface area contributed by atoms with Gasteiger partial charge in [-0.05, 0) is 81.5 Å². The number of anilines is 1. The Labute approximate surface area is 245 Å². The second kappa shape index (κ2) is 11.5. The summed E-state index contributed by atoms with van der Waals surface area (Å²) >= 11 is 0.